The monoisotopic (exact) mass is 311 g/mol. The maximum absolute atomic E-state index is 13.1. The Hall–Kier alpha value is -1.23. The fourth-order valence-electron chi connectivity index (χ4n) is 3.11. The lowest BCUT2D eigenvalue weighted by Gasteiger charge is -2.23. The first-order valence-electron chi connectivity index (χ1n) is 7.88. The third-order valence-electron chi connectivity index (χ3n) is 4.04. The molecule has 1 unspecified atom stereocenters. The second-order valence-electron chi connectivity index (χ2n) is 7.57. The summed E-state index contributed by atoms with van der Waals surface area (Å²) in [5.41, 5.74) is 2.51. The first kappa shape index (κ1) is 17.1. The van der Waals surface area contributed by atoms with Crippen molar-refractivity contribution in [2.75, 3.05) is 25.0 Å². The molecule has 1 atom stereocenters. The van der Waals surface area contributed by atoms with E-state index in [1.54, 1.807) is 0 Å². The van der Waals surface area contributed by atoms with E-state index in [-0.39, 0.29) is 18.0 Å². The average molecular weight is 311 g/mol. The van der Waals surface area contributed by atoms with Crippen LogP contribution in [0.5, 0.6) is 0 Å². The van der Waals surface area contributed by atoms with Gasteiger partial charge < -0.3 is 5.32 Å². The minimum Gasteiger partial charge on any atom is -0.366 e. The van der Waals surface area contributed by atoms with E-state index in [0.29, 0.717) is 13.1 Å². The summed E-state index contributed by atoms with van der Waals surface area (Å²) in [5, 5.41) is 3.40. The van der Waals surface area contributed by atoms with Gasteiger partial charge in [0.2, 0.25) is 0 Å². The van der Waals surface area contributed by atoms with Crippen LogP contribution >= 0.6 is 0 Å². The SMILES string of the molecule is Cc1cnc(NC2CCN(CC(C)(F)F)C2)cc1C(C)(C)C. The van der Waals surface area contributed by atoms with E-state index in [1.807, 2.05) is 11.1 Å². The van der Waals surface area contributed by atoms with E-state index >= 15 is 0 Å². The van der Waals surface area contributed by atoms with E-state index in [9.17, 15) is 8.78 Å². The molecular weight excluding hydrogens is 284 g/mol. The van der Waals surface area contributed by atoms with E-state index in [2.05, 4.69) is 44.1 Å². The van der Waals surface area contributed by atoms with Gasteiger partial charge in [-0.3, -0.25) is 4.90 Å². The third kappa shape index (κ3) is 4.63. The molecule has 0 bridgehead atoms. The largest absolute Gasteiger partial charge is 0.366 e. The lowest BCUT2D eigenvalue weighted by Crippen LogP contribution is -2.35. The number of aromatic nitrogens is 1. The molecule has 1 aliphatic heterocycles. The number of hydrogen-bond donors (Lipinski definition) is 1. The summed E-state index contributed by atoms with van der Waals surface area (Å²) in [6.45, 7) is 10.8. The molecule has 1 aliphatic rings. The van der Waals surface area contributed by atoms with Crippen LogP contribution in [0, 0.1) is 6.92 Å². The van der Waals surface area contributed by atoms with Gasteiger partial charge in [-0.05, 0) is 36.0 Å². The molecule has 0 spiro atoms. The smallest absolute Gasteiger partial charge is 0.257 e. The lowest BCUT2D eigenvalue weighted by atomic mass is 9.85. The number of likely N-dealkylation sites (tertiary alicyclic amines) is 1. The number of pyridine rings is 1. The van der Waals surface area contributed by atoms with E-state index in [0.717, 1.165) is 19.2 Å². The molecule has 22 heavy (non-hydrogen) atoms. The number of nitrogens with zero attached hydrogens (tertiary/aromatic N) is 2. The molecule has 3 nitrogen and oxygen atoms in total. The number of anilines is 1. The highest BCUT2D eigenvalue weighted by molar-refractivity contribution is 5.44. The molecule has 1 N–H and O–H groups in total. The molecule has 1 aromatic rings. The van der Waals surface area contributed by atoms with Crippen LogP contribution in [0.15, 0.2) is 12.3 Å². The quantitative estimate of drug-likeness (QED) is 0.916. The highest BCUT2D eigenvalue weighted by Gasteiger charge is 2.30. The van der Waals surface area contributed by atoms with Crippen molar-refractivity contribution in [1.29, 1.82) is 0 Å². The Kier molecular flexibility index (Phi) is 4.76. The average Bonchev–Trinajstić information content (AvgIpc) is 2.75. The maximum atomic E-state index is 13.1. The van der Waals surface area contributed by atoms with Crippen LogP contribution in [-0.4, -0.2) is 41.5 Å². The van der Waals surface area contributed by atoms with Gasteiger partial charge in [0.05, 0.1) is 6.54 Å². The van der Waals surface area contributed by atoms with Crippen LogP contribution in [-0.2, 0) is 5.41 Å². The van der Waals surface area contributed by atoms with Gasteiger partial charge >= 0.3 is 0 Å². The molecule has 124 valence electrons. The van der Waals surface area contributed by atoms with Gasteiger partial charge in [0, 0.05) is 32.3 Å². The third-order valence-corrected chi connectivity index (χ3v) is 4.04. The van der Waals surface area contributed by atoms with Gasteiger partial charge in [0.1, 0.15) is 5.82 Å². The Morgan fingerprint density at radius 1 is 1.32 bits per heavy atom. The molecule has 5 heteroatoms. The predicted molar refractivity (Wildman–Crippen MR) is 86.8 cm³/mol. The Morgan fingerprint density at radius 2 is 2.00 bits per heavy atom. The van der Waals surface area contributed by atoms with E-state index < -0.39 is 5.92 Å². The second kappa shape index (κ2) is 6.11. The van der Waals surface area contributed by atoms with Crippen molar-refractivity contribution in [3.63, 3.8) is 0 Å². The van der Waals surface area contributed by atoms with Crippen LogP contribution in [0.25, 0.3) is 0 Å². The zero-order valence-electron chi connectivity index (χ0n) is 14.2. The summed E-state index contributed by atoms with van der Waals surface area (Å²) in [6.07, 6.45) is 2.76. The van der Waals surface area contributed by atoms with Gasteiger partial charge in [-0.15, -0.1) is 0 Å². The topological polar surface area (TPSA) is 28.2 Å². The van der Waals surface area contributed by atoms with E-state index in [4.69, 9.17) is 0 Å². The Labute approximate surface area is 132 Å². The molecule has 0 radical (unpaired) electrons. The molecule has 0 aliphatic carbocycles. The predicted octanol–water partition coefficient (Wildman–Crippen LogP) is 3.83. The Morgan fingerprint density at radius 3 is 2.59 bits per heavy atom. The van der Waals surface area contributed by atoms with Crippen molar-refractivity contribution in [2.45, 2.75) is 58.4 Å². The van der Waals surface area contributed by atoms with Crippen molar-refractivity contribution in [3.8, 4) is 0 Å². The lowest BCUT2D eigenvalue weighted by molar-refractivity contribution is -0.00869. The van der Waals surface area contributed by atoms with Crippen LogP contribution < -0.4 is 5.32 Å². The zero-order valence-corrected chi connectivity index (χ0v) is 14.2. The first-order chi connectivity index (χ1) is 10.0. The molecule has 2 heterocycles. The fourth-order valence-corrected chi connectivity index (χ4v) is 3.11. The Balaban J connectivity index is 2.01. The molecule has 1 aromatic heterocycles. The number of aryl methyl sites for hydroxylation is 1. The Bertz CT molecular complexity index is 518. The van der Waals surface area contributed by atoms with Crippen molar-refractivity contribution in [3.05, 3.63) is 23.4 Å². The molecule has 2 rings (SSSR count). The molecule has 0 amide bonds. The van der Waals surface area contributed by atoms with Crippen LogP contribution in [0.1, 0.15) is 45.2 Å². The highest BCUT2D eigenvalue weighted by atomic mass is 19.3. The fraction of sp³-hybridized carbons (Fsp3) is 0.706. The number of rotatable bonds is 4. The summed E-state index contributed by atoms with van der Waals surface area (Å²) in [7, 11) is 0. The summed E-state index contributed by atoms with van der Waals surface area (Å²) >= 11 is 0. The second-order valence-corrected chi connectivity index (χ2v) is 7.57. The summed E-state index contributed by atoms with van der Waals surface area (Å²) in [5.74, 6) is -1.79. The van der Waals surface area contributed by atoms with Crippen molar-refractivity contribution < 1.29 is 8.78 Å². The molecule has 1 saturated heterocycles. The van der Waals surface area contributed by atoms with Gasteiger partial charge in [-0.2, -0.15) is 0 Å². The molecular formula is C17H27F2N3. The molecule has 0 aromatic carbocycles. The van der Waals surface area contributed by atoms with Gasteiger partial charge in [0.25, 0.3) is 5.92 Å². The normalized spacial score (nSPS) is 20.4. The molecule has 1 fully saturated rings. The number of halogens is 2. The summed E-state index contributed by atoms with van der Waals surface area (Å²) < 4.78 is 26.2. The number of nitrogens with one attached hydrogen (secondary N) is 1. The van der Waals surface area contributed by atoms with Crippen molar-refractivity contribution in [1.82, 2.24) is 9.88 Å². The first-order valence-corrected chi connectivity index (χ1v) is 7.88. The highest BCUT2D eigenvalue weighted by Crippen LogP contribution is 2.27. The number of alkyl halides is 2. The molecule has 0 saturated carbocycles. The summed E-state index contributed by atoms with van der Waals surface area (Å²) in [4.78, 5) is 6.25. The minimum absolute atomic E-state index is 0.0649. The number of hydrogen-bond acceptors (Lipinski definition) is 3. The zero-order chi connectivity index (χ0) is 16.5. The van der Waals surface area contributed by atoms with Crippen molar-refractivity contribution in [2.24, 2.45) is 0 Å². The van der Waals surface area contributed by atoms with Gasteiger partial charge in [-0.1, -0.05) is 20.8 Å². The standard InChI is InChI=1S/C17H27F2N3/c1-12-9-20-15(8-14(12)16(2,3)4)21-13-6-7-22(10-13)11-17(5,18)19/h8-9,13H,6-7,10-11H2,1-5H3,(H,20,21). The van der Waals surface area contributed by atoms with Gasteiger partial charge in [-0.25, -0.2) is 13.8 Å². The van der Waals surface area contributed by atoms with E-state index in [1.165, 1.54) is 11.1 Å². The van der Waals surface area contributed by atoms with Crippen molar-refractivity contribution >= 4 is 5.82 Å². The van der Waals surface area contributed by atoms with Crippen LogP contribution in [0.3, 0.4) is 0 Å². The minimum atomic E-state index is -2.63. The van der Waals surface area contributed by atoms with Crippen LogP contribution in [0.4, 0.5) is 14.6 Å². The summed E-state index contributed by atoms with van der Waals surface area (Å²) in [6, 6.07) is 2.28. The maximum Gasteiger partial charge on any atom is 0.257 e. The van der Waals surface area contributed by atoms with Crippen LogP contribution in [0.2, 0.25) is 0 Å². The van der Waals surface area contributed by atoms with Gasteiger partial charge in [0.15, 0.2) is 0 Å².